The largest absolute Gasteiger partial charge is 0.465 e. The number of hydrogen-bond donors (Lipinski definition) is 1. The van der Waals surface area contributed by atoms with Crippen LogP contribution in [0.2, 0.25) is 5.02 Å². The van der Waals surface area contributed by atoms with Crippen LogP contribution in [0.1, 0.15) is 38.6 Å². The maximum Gasteiger partial charge on any atom is 0.407 e. The van der Waals surface area contributed by atoms with Crippen LogP contribution in [-0.4, -0.2) is 71.9 Å². The van der Waals surface area contributed by atoms with Crippen LogP contribution in [0.15, 0.2) is 24.3 Å². The molecule has 0 saturated carbocycles. The molecule has 0 unspecified atom stereocenters. The molecule has 1 saturated heterocycles. The summed E-state index contributed by atoms with van der Waals surface area (Å²) in [4.78, 5) is 46.1. The molecule has 176 valence electrons. The fourth-order valence-corrected chi connectivity index (χ4v) is 4.66. The van der Waals surface area contributed by atoms with Crippen LogP contribution in [0.25, 0.3) is 5.65 Å². The van der Waals surface area contributed by atoms with E-state index in [0.29, 0.717) is 29.3 Å². The molecule has 34 heavy (non-hydrogen) atoms. The van der Waals surface area contributed by atoms with Crippen molar-refractivity contribution in [1.29, 1.82) is 0 Å². The van der Waals surface area contributed by atoms with Crippen molar-refractivity contribution in [3.05, 3.63) is 63.1 Å². The number of aromatic nitrogens is 3. The first-order chi connectivity index (χ1) is 16.2. The Hall–Kier alpha value is -3.66. The third-order valence-electron chi connectivity index (χ3n) is 6.44. The molecule has 2 aliphatic rings. The number of carbonyl (C=O) groups is 3. The molecule has 0 aliphatic carbocycles. The smallest absolute Gasteiger partial charge is 0.407 e. The normalized spacial score (nSPS) is 15.9. The van der Waals surface area contributed by atoms with E-state index in [2.05, 4.69) is 10.1 Å². The first-order valence-electron chi connectivity index (χ1n) is 10.9. The average Bonchev–Trinajstić information content (AvgIpc) is 3.38. The van der Waals surface area contributed by atoms with Gasteiger partial charge in [-0.1, -0.05) is 29.8 Å². The highest BCUT2D eigenvalue weighted by atomic mass is 35.5. The summed E-state index contributed by atoms with van der Waals surface area (Å²) in [6.45, 7) is 5.08. The summed E-state index contributed by atoms with van der Waals surface area (Å²) in [5.41, 5.74) is 5.18. The Labute approximate surface area is 200 Å². The fraction of sp³-hybridized carbons (Fsp3) is 0.348. The molecule has 3 aromatic rings. The fourth-order valence-electron chi connectivity index (χ4n) is 4.54. The molecule has 2 aliphatic heterocycles. The van der Waals surface area contributed by atoms with Crippen LogP contribution in [0.3, 0.4) is 0 Å². The lowest BCUT2D eigenvalue weighted by Gasteiger charge is -2.33. The summed E-state index contributed by atoms with van der Waals surface area (Å²) in [5, 5.41) is 14.3. The first kappa shape index (κ1) is 22.1. The molecule has 0 bridgehead atoms. The molecule has 0 atom stereocenters. The molecular formula is C23H23ClN6O4. The lowest BCUT2D eigenvalue weighted by Crippen LogP contribution is -2.51. The van der Waals surface area contributed by atoms with Crippen molar-refractivity contribution in [2.45, 2.75) is 33.5 Å². The van der Waals surface area contributed by atoms with Gasteiger partial charge < -0.3 is 14.9 Å². The number of nitrogens with zero attached hydrogens (tertiary/aromatic N) is 6. The van der Waals surface area contributed by atoms with Crippen LogP contribution < -0.4 is 0 Å². The van der Waals surface area contributed by atoms with Gasteiger partial charge in [-0.15, -0.1) is 0 Å². The molecule has 3 amide bonds. The van der Waals surface area contributed by atoms with E-state index >= 15 is 0 Å². The minimum atomic E-state index is -1.11. The number of carbonyl (C=O) groups excluding carboxylic acids is 2. The van der Waals surface area contributed by atoms with Crippen LogP contribution >= 0.6 is 11.6 Å². The van der Waals surface area contributed by atoms with Crippen molar-refractivity contribution in [2.24, 2.45) is 0 Å². The van der Waals surface area contributed by atoms with E-state index in [0.717, 1.165) is 33.1 Å². The van der Waals surface area contributed by atoms with Gasteiger partial charge in [0.05, 0.1) is 35.2 Å². The summed E-state index contributed by atoms with van der Waals surface area (Å²) >= 11 is 6.32. The van der Waals surface area contributed by atoms with E-state index in [1.54, 1.807) is 26.4 Å². The molecule has 0 radical (unpaired) electrons. The zero-order valence-electron chi connectivity index (χ0n) is 18.8. The average molecular weight is 483 g/mol. The SMILES string of the molecule is Cc1nc2c3c(nn2c(C)c1Cl)CN(C(=O)c1ccccc1CN1CCN(C(=O)O)CC1=O)C3. The molecular weight excluding hydrogens is 460 g/mol. The number of piperazine rings is 1. The molecule has 5 rings (SSSR count). The summed E-state index contributed by atoms with van der Waals surface area (Å²) in [6, 6.07) is 7.20. The number of aryl methyl sites for hydroxylation is 2. The second-order valence-corrected chi connectivity index (χ2v) is 8.97. The first-order valence-corrected chi connectivity index (χ1v) is 11.3. The summed E-state index contributed by atoms with van der Waals surface area (Å²) in [6.07, 6.45) is -1.11. The summed E-state index contributed by atoms with van der Waals surface area (Å²) in [5.74, 6) is -0.425. The number of amides is 3. The van der Waals surface area contributed by atoms with E-state index in [1.807, 2.05) is 26.0 Å². The molecule has 1 fully saturated rings. The molecule has 4 heterocycles. The highest BCUT2D eigenvalue weighted by Crippen LogP contribution is 2.30. The van der Waals surface area contributed by atoms with E-state index in [-0.39, 0.29) is 38.0 Å². The van der Waals surface area contributed by atoms with Crippen molar-refractivity contribution in [1.82, 2.24) is 29.3 Å². The van der Waals surface area contributed by atoms with Crippen LogP contribution in [-0.2, 0) is 24.4 Å². The predicted octanol–water partition coefficient (Wildman–Crippen LogP) is 2.48. The Morgan fingerprint density at radius 2 is 1.85 bits per heavy atom. The molecule has 1 aromatic carbocycles. The molecule has 11 heteroatoms. The van der Waals surface area contributed by atoms with Crippen LogP contribution in [0, 0.1) is 13.8 Å². The van der Waals surface area contributed by atoms with E-state index in [9.17, 15) is 14.4 Å². The van der Waals surface area contributed by atoms with E-state index in [1.165, 1.54) is 0 Å². The van der Waals surface area contributed by atoms with Gasteiger partial charge in [-0.25, -0.2) is 14.3 Å². The third-order valence-corrected chi connectivity index (χ3v) is 6.99. The molecule has 2 aromatic heterocycles. The minimum Gasteiger partial charge on any atom is -0.465 e. The standard InChI is InChI=1S/C23H23ClN6O4/c1-13-20(24)14(2)30-21(25-13)17-10-29(11-18(17)26-30)22(32)16-6-4-3-5-15(16)9-27-7-8-28(23(33)34)12-19(27)31/h3-6H,7-12H2,1-2H3,(H,33,34). The number of hydrogen-bond acceptors (Lipinski definition) is 5. The Morgan fingerprint density at radius 3 is 2.59 bits per heavy atom. The van der Waals surface area contributed by atoms with Gasteiger partial charge in [0.2, 0.25) is 5.91 Å². The highest BCUT2D eigenvalue weighted by Gasteiger charge is 2.32. The Morgan fingerprint density at radius 1 is 1.09 bits per heavy atom. The van der Waals surface area contributed by atoms with Gasteiger partial charge in [0.25, 0.3) is 5.91 Å². The Balaban J connectivity index is 1.36. The third kappa shape index (κ3) is 3.63. The van der Waals surface area contributed by atoms with Crippen molar-refractivity contribution in [2.75, 3.05) is 19.6 Å². The molecule has 10 nitrogen and oxygen atoms in total. The molecule has 1 N–H and O–H groups in total. The van der Waals surface area contributed by atoms with Gasteiger partial charge in [-0.2, -0.15) is 5.10 Å². The number of halogens is 1. The van der Waals surface area contributed by atoms with Gasteiger partial charge in [-0.05, 0) is 25.5 Å². The number of carboxylic acid groups (broad SMARTS) is 1. The maximum atomic E-state index is 13.5. The van der Waals surface area contributed by atoms with Crippen molar-refractivity contribution >= 4 is 35.2 Å². The molecule has 0 spiro atoms. The summed E-state index contributed by atoms with van der Waals surface area (Å²) in [7, 11) is 0. The van der Waals surface area contributed by atoms with Crippen molar-refractivity contribution in [3.63, 3.8) is 0 Å². The Bertz CT molecular complexity index is 1350. The predicted molar refractivity (Wildman–Crippen MR) is 123 cm³/mol. The van der Waals surface area contributed by atoms with Gasteiger partial charge in [0.15, 0.2) is 5.65 Å². The zero-order valence-corrected chi connectivity index (χ0v) is 19.5. The quantitative estimate of drug-likeness (QED) is 0.614. The number of fused-ring (bicyclic) bond motifs is 3. The Kier molecular flexibility index (Phi) is 5.40. The van der Waals surface area contributed by atoms with Crippen LogP contribution in [0.5, 0.6) is 0 Å². The monoisotopic (exact) mass is 482 g/mol. The van der Waals surface area contributed by atoms with E-state index in [4.69, 9.17) is 16.7 Å². The maximum absolute atomic E-state index is 13.5. The van der Waals surface area contributed by atoms with Crippen molar-refractivity contribution < 1.29 is 19.5 Å². The second kappa shape index (κ2) is 8.28. The second-order valence-electron chi connectivity index (χ2n) is 8.60. The number of rotatable bonds is 3. The lowest BCUT2D eigenvalue weighted by molar-refractivity contribution is -0.135. The number of benzene rings is 1. The topological polar surface area (TPSA) is 111 Å². The summed E-state index contributed by atoms with van der Waals surface area (Å²) < 4.78 is 1.73. The van der Waals surface area contributed by atoms with E-state index < -0.39 is 6.09 Å². The van der Waals surface area contributed by atoms with Gasteiger partial charge in [0.1, 0.15) is 6.54 Å². The zero-order chi connectivity index (χ0) is 24.1. The van der Waals surface area contributed by atoms with Gasteiger partial charge in [-0.3, -0.25) is 14.5 Å². The van der Waals surface area contributed by atoms with Crippen LogP contribution in [0.4, 0.5) is 4.79 Å². The van der Waals surface area contributed by atoms with Crippen molar-refractivity contribution in [3.8, 4) is 0 Å². The lowest BCUT2D eigenvalue weighted by atomic mass is 10.1. The highest BCUT2D eigenvalue weighted by molar-refractivity contribution is 6.31. The van der Waals surface area contributed by atoms with Gasteiger partial charge in [0, 0.05) is 30.8 Å². The minimum absolute atomic E-state index is 0.147. The van der Waals surface area contributed by atoms with Gasteiger partial charge >= 0.3 is 6.09 Å².